The second-order valence-corrected chi connectivity index (χ2v) is 8.99. The number of hydrogen-bond acceptors (Lipinski definition) is 7. The zero-order valence-corrected chi connectivity index (χ0v) is 20.4. The Bertz CT molecular complexity index is 1090. The molecule has 1 aliphatic carbocycles. The molecule has 0 radical (unpaired) electrons. The molecule has 1 amide bonds. The molecule has 1 aliphatic rings. The highest BCUT2D eigenvalue weighted by molar-refractivity contribution is 6.12. The normalized spacial score (nSPS) is 14.3. The van der Waals surface area contributed by atoms with E-state index in [0.717, 1.165) is 18.4 Å². The Morgan fingerprint density at radius 3 is 2.47 bits per heavy atom. The number of carboxylic acids is 1. The summed E-state index contributed by atoms with van der Waals surface area (Å²) in [7, 11) is 0. The van der Waals surface area contributed by atoms with Gasteiger partial charge in [-0.3, -0.25) is 19.7 Å². The molecule has 0 saturated heterocycles. The van der Waals surface area contributed by atoms with Crippen molar-refractivity contribution in [2.75, 3.05) is 19.7 Å². The van der Waals surface area contributed by atoms with Crippen LogP contribution < -0.4 is 10.6 Å². The van der Waals surface area contributed by atoms with Gasteiger partial charge in [0.2, 0.25) is 0 Å². The lowest BCUT2D eigenvalue weighted by Crippen LogP contribution is -2.32. The van der Waals surface area contributed by atoms with Crippen LogP contribution in [0, 0.1) is 23.0 Å². The number of nitrogens with zero attached hydrogens (tertiary/aromatic N) is 2. The van der Waals surface area contributed by atoms with Crippen molar-refractivity contribution in [2.24, 2.45) is 11.1 Å². The highest BCUT2D eigenvalue weighted by Crippen LogP contribution is 2.24. The minimum atomic E-state index is -1.06. The molecule has 2 aromatic carbocycles. The Balaban J connectivity index is 1.78. The molecule has 1 saturated carbocycles. The van der Waals surface area contributed by atoms with Crippen molar-refractivity contribution >= 4 is 23.3 Å². The van der Waals surface area contributed by atoms with Gasteiger partial charge in [-0.25, -0.2) is 0 Å². The number of aliphatic carboxylic acids is 1. The van der Waals surface area contributed by atoms with Gasteiger partial charge in [0, 0.05) is 35.8 Å². The van der Waals surface area contributed by atoms with E-state index in [1.165, 1.54) is 25.3 Å². The van der Waals surface area contributed by atoms with Crippen molar-refractivity contribution in [3.63, 3.8) is 0 Å². The highest BCUT2D eigenvalue weighted by atomic mass is 16.6. The van der Waals surface area contributed by atoms with Crippen molar-refractivity contribution in [1.29, 1.82) is 0 Å². The average Bonchev–Trinajstić information content (AvgIpc) is 2.86. The lowest BCUT2D eigenvalue weighted by Gasteiger charge is -2.21. The minimum absolute atomic E-state index is 0.0118. The summed E-state index contributed by atoms with van der Waals surface area (Å²) in [5.41, 5.74) is 2.88. The van der Waals surface area contributed by atoms with E-state index < -0.39 is 10.9 Å². The molecule has 0 atom stereocenters. The number of benzene rings is 2. The fourth-order valence-electron chi connectivity index (χ4n) is 4.20. The van der Waals surface area contributed by atoms with Crippen LogP contribution in [0.1, 0.15) is 54.4 Å². The number of oxime groups is 1. The maximum absolute atomic E-state index is 12.3. The minimum Gasteiger partial charge on any atom is -0.480 e. The number of carboxylic acid groups (broad SMARTS) is 1. The fourth-order valence-corrected chi connectivity index (χ4v) is 4.20. The van der Waals surface area contributed by atoms with E-state index in [0.29, 0.717) is 34.9 Å². The van der Waals surface area contributed by atoms with Gasteiger partial charge in [0.25, 0.3) is 11.6 Å². The molecule has 36 heavy (non-hydrogen) atoms. The van der Waals surface area contributed by atoms with Gasteiger partial charge >= 0.3 is 5.97 Å². The first-order valence-corrected chi connectivity index (χ1v) is 12.1. The van der Waals surface area contributed by atoms with Crippen LogP contribution in [0.3, 0.4) is 0 Å². The molecular weight excluding hydrogens is 464 g/mol. The predicted octanol–water partition coefficient (Wildman–Crippen LogP) is 3.54. The first-order valence-electron chi connectivity index (χ1n) is 12.1. The molecule has 10 heteroatoms. The van der Waals surface area contributed by atoms with E-state index >= 15 is 0 Å². The zero-order chi connectivity index (χ0) is 25.9. The Hall–Kier alpha value is -3.79. The molecule has 0 unspecified atom stereocenters. The Morgan fingerprint density at radius 1 is 1.11 bits per heavy atom. The lowest BCUT2D eigenvalue weighted by atomic mass is 9.89. The largest absolute Gasteiger partial charge is 0.480 e. The van der Waals surface area contributed by atoms with Crippen molar-refractivity contribution in [1.82, 2.24) is 10.6 Å². The summed E-state index contributed by atoms with van der Waals surface area (Å²) >= 11 is 0. The first kappa shape index (κ1) is 26.8. The number of hydrogen-bond donors (Lipinski definition) is 3. The highest BCUT2D eigenvalue weighted by Gasteiger charge is 2.18. The van der Waals surface area contributed by atoms with E-state index in [4.69, 9.17) is 9.94 Å². The monoisotopic (exact) mass is 496 g/mol. The van der Waals surface area contributed by atoms with Gasteiger partial charge in [-0.1, -0.05) is 54.2 Å². The summed E-state index contributed by atoms with van der Waals surface area (Å²) < 4.78 is 0. The first-order chi connectivity index (χ1) is 17.3. The van der Waals surface area contributed by atoms with Crippen molar-refractivity contribution < 1.29 is 24.5 Å². The number of carbonyl (C=O) groups is 2. The molecular formula is C26H32N4O6. The molecule has 0 heterocycles. The van der Waals surface area contributed by atoms with Crippen LogP contribution >= 0.6 is 0 Å². The van der Waals surface area contributed by atoms with Gasteiger partial charge < -0.3 is 20.6 Å². The number of amides is 1. The third-order valence-electron chi connectivity index (χ3n) is 6.13. The van der Waals surface area contributed by atoms with Gasteiger partial charge in [-0.2, -0.15) is 0 Å². The molecule has 0 spiro atoms. The summed E-state index contributed by atoms with van der Waals surface area (Å²) in [5.74, 6) is -0.816. The van der Waals surface area contributed by atoms with Gasteiger partial charge in [-0.05, 0) is 37.8 Å². The molecule has 0 aromatic heterocycles. The molecule has 0 aliphatic heterocycles. The Kier molecular flexibility index (Phi) is 9.93. The second-order valence-electron chi connectivity index (χ2n) is 8.99. The maximum Gasteiger partial charge on any atom is 0.317 e. The standard InChI is InChI=1S/C26H32N4O6/c1-18-7-9-20(10-8-18)26(29-36-17-24(31)28-14-19-5-3-2-4-6-19)21-11-12-23(30(34)35)22(13-21)15-27-16-25(32)33/h7-13,19,27H,2-6,14-17H2,1H3,(H,28,31)(H,32,33)/b29-26+. The van der Waals surface area contributed by atoms with E-state index in [2.05, 4.69) is 15.8 Å². The maximum atomic E-state index is 12.3. The van der Waals surface area contributed by atoms with Crippen LogP contribution in [0.15, 0.2) is 47.6 Å². The number of carbonyl (C=O) groups excluding carboxylic acids is 1. The number of rotatable bonds is 12. The predicted molar refractivity (Wildman–Crippen MR) is 135 cm³/mol. The van der Waals surface area contributed by atoms with Gasteiger partial charge in [0.15, 0.2) is 6.61 Å². The van der Waals surface area contributed by atoms with E-state index in [9.17, 15) is 19.7 Å². The molecule has 2 aromatic rings. The Morgan fingerprint density at radius 2 is 1.81 bits per heavy atom. The van der Waals surface area contributed by atoms with Crippen LogP contribution in [0.2, 0.25) is 0 Å². The molecule has 10 nitrogen and oxygen atoms in total. The summed E-state index contributed by atoms with van der Waals surface area (Å²) in [4.78, 5) is 39.5. The summed E-state index contributed by atoms with van der Waals surface area (Å²) in [5, 5.41) is 30.2. The lowest BCUT2D eigenvalue weighted by molar-refractivity contribution is -0.385. The SMILES string of the molecule is Cc1ccc(/C(=N\OCC(=O)NCC2CCCCC2)c2ccc([N+](=O)[O-])c(CNCC(=O)O)c2)cc1. The fraction of sp³-hybridized carbons (Fsp3) is 0.423. The number of aryl methyl sites for hydroxylation is 1. The topological polar surface area (TPSA) is 143 Å². The van der Waals surface area contributed by atoms with Crippen molar-refractivity contribution in [3.8, 4) is 0 Å². The summed E-state index contributed by atoms with van der Waals surface area (Å²) in [6, 6.07) is 12.0. The average molecular weight is 497 g/mol. The number of nitro groups is 1. The molecule has 1 fully saturated rings. The molecule has 3 N–H and O–H groups in total. The van der Waals surface area contributed by atoms with E-state index in [1.54, 1.807) is 12.1 Å². The van der Waals surface area contributed by atoms with Gasteiger partial charge in [0.1, 0.15) is 5.71 Å². The van der Waals surface area contributed by atoms with Crippen LogP contribution in [-0.4, -0.2) is 47.3 Å². The Labute approximate surface area is 209 Å². The smallest absolute Gasteiger partial charge is 0.317 e. The van der Waals surface area contributed by atoms with E-state index in [1.807, 2.05) is 31.2 Å². The van der Waals surface area contributed by atoms with Gasteiger partial charge in [0.05, 0.1) is 11.5 Å². The number of nitro benzene ring substituents is 1. The van der Waals surface area contributed by atoms with Crippen LogP contribution in [0.4, 0.5) is 5.69 Å². The van der Waals surface area contributed by atoms with Crippen LogP contribution in [-0.2, 0) is 21.0 Å². The molecule has 3 rings (SSSR count). The van der Waals surface area contributed by atoms with Crippen molar-refractivity contribution in [3.05, 3.63) is 74.8 Å². The molecule has 192 valence electrons. The third-order valence-corrected chi connectivity index (χ3v) is 6.13. The van der Waals surface area contributed by atoms with E-state index in [-0.39, 0.29) is 31.3 Å². The third kappa shape index (κ3) is 8.16. The molecule has 0 bridgehead atoms. The van der Waals surface area contributed by atoms with Gasteiger partial charge in [-0.15, -0.1) is 0 Å². The summed E-state index contributed by atoms with van der Waals surface area (Å²) in [6.45, 7) is 1.99. The van der Waals surface area contributed by atoms with Crippen molar-refractivity contribution in [2.45, 2.75) is 45.6 Å². The quantitative estimate of drug-likeness (QED) is 0.232. The van der Waals surface area contributed by atoms with Crippen LogP contribution in [0.5, 0.6) is 0 Å². The second kappa shape index (κ2) is 13.3. The zero-order valence-electron chi connectivity index (χ0n) is 20.4. The van der Waals surface area contributed by atoms with Crippen LogP contribution in [0.25, 0.3) is 0 Å². The summed E-state index contributed by atoms with van der Waals surface area (Å²) in [6.07, 6.45) is 5.90. The number of nitrogens with one attached hydrogen (secondary N) is 2.